The summed E-state index contributed by atoms with van der Waals surface area (Å²) < 4.78 is 13.2. The fraction of sp³-hybridized carbons (Fsp3) is 0.0164. The van der Waals surface area contributed by atoms with Crippen LogP contribution in [0.25, 0.3) is 166 Å². The van der Waals surface area contributed by atoms with E-state index in [0.29, 0.717) is 0 Å². The number of anilines is 6. The minimum atomic E-state index is -0.597. The van der Waals surface area contributed by atoms with Crippen LogP contribution in [0.3, 0.4) is 0 Å². The third kappa shape index (κ3) is 10.7. The van der Waals surface area contributed by atoms with Gasteiger partial charge in [-0.05, 0) is 253 Å². The first-order valence-corrected chi connectivity index (χ1v) is 43.6. The van der Waals surface area contributed by atoms with E-state index in [1.807, 2.05) is 12.1 Å². The van der Waals surface area contributed by atoms with Crippen LogP contribution in [-0.2, 0) is 10.8 Å². The summed E-state index contributed by atoms with van der Waals surface area (Å²) in [5.74, 6) is 0. The molecule has 586 valence electrons. The number of furan rings is 2. The summed E-state index contributed by atoms with van der Waals surface area (Å²) in [4.78, 5) is 4.79. The summed E-state index contributed by atoms with van der Waals surface area (Å²) in [6, 6.07) is 171. The van der Waals surface area contributed by atoms with Crippen molar-refractivity contribution in [1.82, 2.24) is 0 Å². The third-order valence-corrected chi connectivity index (χ3v) is 27.6. The SMILES string of the molecule is c1ccc(-c2ccccc2N(c2ccc(-c3ccc4c(c3)C3(c5ccccc5-4)c4ccccc4-c4ccc(-c5cccc(-c6ccc(N(c7ccc(-c8ccc9c(c8)C8(c%10ccccc%10-c%10ccccc%108)c8ccccc8-9)cc7)c7ccc(-c8cccc9c8oc8ccccc89)cc7)cc6)c5)cc43)cc2)c2ccc(-c3cccc4c3oc3ccccc34)cc2)cc1. The van der Waals surface area contributed by atoms with Crippen molar-refractivity contribution >= 4 is 78.0 Å². The zero-order valence-corrected chi connectivity index (χ0v) is 68.6. The lowest BCUT2D eigenvalue weighted by atomic mass is 9.70. The van der Waals surface area contributed by atoms with Gasteiger partial charge in [0.25, 0.3) is 0 Å². The van der Waals surface area contributed by atoms with Gasteiger partial charge < -0.3 is 18.6 Å². The number of rotatable bonds is 13. The molecule has 4 nitrogen and oxygen atoms in total. The first-order valence-electron chi connectivity index (χ1n) is 43.6. The van der Waals surface area contributed by atoms with Gasteiger partial charge in [0.1, 0.15) is 22.3 Å². The van der Waals surface area contributed by atoms with Crippen molar-refractivity contribution in [2.75, 3.05) is 9.80 Å². The normalized spacial score (nSPS) is 13.8. The fourth-order valence-corrected chi connectivity index (χ4v) is 22.0. The number of para-hydroxylation sites is 5. The maximum Gasteiger partial charge on any atom is 0.143 e. The van der Waals surface area contributed by atoms with Gasteiger partial charge in [-0.2, -0.15) is 0 Å². The zero-order valence-electron chi connectivity index (χ0n) is 68.6. The van der Waals surface area contributed by atoms with E-state index in [4.69, 9.17) is 8.83 Å². The van der Waals surface area contributed by atoms with Crippen molar-refractivity contribution in [1.29, 1.82) is 0 Å². The molecule has 1 atom stereocenters. The molecule has 2 heterocycles. The number of hydrogen-bond donors (Lipinski definition) is 0. The Bertz CT molecular complexity index is 8120. The number of hydrogen-bond acceptors (Lipinski definition) is 4. The summed E-state index contributed by atoms with van der Waals surface area (Å²) in [6.07, 6.45) is 0. The molecule has 2 spiro atoms. The molecule has 126 heavy (non-hydrogen) atoms. The van der Waals surface area contributed by atoms with Gasteiger partial charge in [-0.3, -0.25) is 0 Å². The largest absolute Gasteiger partial charge is 0.455 e. The van der Waals surface area contributed by atoms with E-state index in [2.05, 4.69) is 459 Å². The Morgan fingerprint density at radius 2 is 0.405 bits per heavy atom. The Morgan fingerprint density at radius 3 is 0.810 bits per heavy atom. The standard InChI is InChI=1S/C122H76N2O2/c1-2-23-80(24-3-1)93-27-9-17-44-116(93)124(92-68-55-82(56-69-92)95-36-22-38-107-105-34-11-19-46-118(105)126-120(95)107)91-64-51-79(52-65-91)86-58-71-102-99-31-7-15-42-111(99)122(114(102)75-86)112-43-16-8-32-100(112)103-72-59-87(76-115(103)122)84-26-20-25-83(73-84)77-47-60-88(61-48-77)123(90-66-53-81(54-67-90)94-35-21-37-106-104-33-10-18-45-117(104)125-119(94)106)89-62-49-78(50-63-89)85-57-70-101-98-30-6-14-41-110(98)121(113(101)74-85)108-39-12-4-28-96(108)97-29-5-13-40-109(97)121/h1-76H. The first-order chi connectivity index (χ1) is 62.5. The smallest absolute Gasteiger partial charge is 0.143 e. The fourth-order valence-electron chi connectivity index (χ4n) is 22.0. The lowest BCUT2D eigenvalue weighted by Gasteiger charge is -2.31. The molecule has 2 aromatic heterocycles. The number of nitrogens with zero attached hydrogens (tertiary/aromatic N) is 2. The van der Waals surface area contributed by atoms with Crippen LogP contribution < -0.4 is 9.80 Å². The van der Waals surface area contributed by atoms with E-state index in [0.717, 1.165) is 145 Å². The minimum absolute atomic E-state index is 0.433. The van der Waals surface area contributed by atoms with Gasteiger partial charge in [0.2, 0.25) is 0 Å². The quantitative estimate of drug-likeness (QED) is 0.115. The molecule has 0 bridgehead atoms. The molecule has 0 amide bonds. The molecule has 26 rings (SSSR count). The van der Waals surface area contributed by atoms with Crippen molar-refractivity contribution in [3.63, 3.8) is 0 Å². The molecule has 0 saturated carbocycles. The molecular formula is C122H76N2O2. The molecule has 0 fully saturated rings. The second kappa shape index (κ2) is 28.1. The Hall–Kier alpha value is -16.4. The van der Waals surface area contributed by atoms with Crippen LogP contribution in [0.1, 0.15) is 44.5 Å². The van der Waals surface area contributed by atoms with Crippen molar-refractivity contribution in [3.05, 3.63) is 506 Å². The molecule has 20 aromatic carbocycles. The van der Waals surface area contributed by atoms with Crippen LogP contribution in [-0.4, -0.2) is 0 Å². The van der Waals surface area contributed by atoms with E-state index >= 15 is 0 Å². The summed E-state index contributed by atoms with van der Waals surface area (Å²) >= 11 is 0. The average molecular weight is 1600 g/mol. The van der Waals surface area contributed by atoms with E-state index in [-0.39, 0.29) is 0 Å². The summed E-state index contributed by atoms with van der Waals surface area (Å²) in [6.45, 7) is 0. The molecule has 0 N–H and O–H groups in total. The summed E-state index contributed by atoms with van der Waals surface area (Å²) in [7, 11) is 0. The Morgan fingerprint density at radius 1 is 0.151 bits per heavy atom. The molecule has 0 radical (unpaired) electrons. The maximum atomic E-state index is 6.61. The van der Waals surface area contributed by atoms with Crippen LogP contribution in [0.4, 0.5) is 34.1 Å². The lowest BCUT2D eigenvalue weighted by Crippen LogP contribution is -2.26. The predicted molar refractivity (Wildman–Crippen MR) is 521 cm³/mol. The van der Waals surface area contributed by atoms with Crippen LogP contribution in [0.15, 0.2) is 470 Å². The van der Waals surface area contributed by atoms with Gasteiger partial charge in [-0.15, -0.1) is 0 Å². The molecule has 1 unspecified atom stereocenters. The monoisotopic (exact) mass is 1600 g/mol. The summed E-state index contributed by atoms with van der Waals surface area (Å²) in [5, 5.41) is 4.47. The average Bonchev–Trinajstić information content (AvgIpc) is 1.51. The van der Waals surface area contributed by atoms with Crippen molar-refractivity contribution in [3.8, 4) is 122 Å². The highest BCUT2D eigenvalue weighted by atomic mass is 16.3. The molecular weight excluding hydrogens is 1530 g/mol. The van der Waals surface area contributed by atoms with E-state index in [1.165, 1.54) is 100 Å². The zero-order chi connectivity index (χ0) is 82.7. The highest BCUT2D eigenvalue weighted by molar-refractivity contribution is 6.11. The number of benzene rings is 20. The van der Waals surface area contributed by atoms with E-state index in [1.54, 1.807) is 0 Å². The second-order valence-corrected chi connectivity index (χ2v) is 33.9. The topological polar surface area (TPSA) is 32.8 Å². The van der Waals surface area contributed by atoms with Crippen LogP contribution in [0, 0.1) is 0 Å². The van der Waals surface area contributed by atoms with Crippen molar-refractivity contribution in [2.45, 2.75) is 10.8 Å². The minimum Gasteiger partial charge on any atom is -0.455 e. The van der Waals surface area contributed by atoms with Crippen molar-refractivity contribution < 1.29 is 8.83 Å². The number of fused-ring (bicyclic) bond motifs is 26. The van der Waals surface area contributed by atoms with Crippen LogP contribution in [0.2, 0.25) is 0 Å². The van der Waals surface area contributed by atoms with Gasteiger partial charge in [0, 0.05) is 66.7 Å². The van der Waals surface area contributed by atoms with Gasteiger partial charge >= 0.3 is 0 Å². The summed E-state index contributed by atoms with van der Waals surface area (Å²) in [5.41, 5.74) is 45.5. The van der Waals surface area contributed by atoms with Gasteiger partial charge in [0.15, 0.2) is 0 Å². The molecule has 4 heteroatoms. The molecule has 22 aromatic rings. The highest BCUT2D eigenvalue weighted by Crippen LogP contribution is 2.66. The lowest BCUT2D eigenvalue weighted by molar-refractivity contribution is 0.669. The van der Waals surface area contributed by atoms with E-state index < -0.39 is 10.8 Å². The molecule has 0 saturated heterocycles. The van der Waals surface area contributed by atoms with Gasteiger partial charge in [0.05, 0.1) is 16.5 Å². The molecule has 4 aliphatic rings. The van der Waals surface area contributed by atoms with Gasteiger partial charge in [-0.25, -0.2) is 0 Å². The molecule has 4 aliphatic carbocycles. The Kier molecular flexibility index (Phi) is 15.9. The maximum absolute atomic E-state index is 6.61. The third-order valence-electron chi connectivity index (χ3n) is 27.6. The van der Waals surface area contributed by atoms with Crippen LogP contribution >= 0.6 is 0 Å². The van der Waals surface area contributed by atoms with Crippen LogP contribution in [0.5, 0.6) is 0 Å². The predicted octanol–water partition coefficient (Wildman–Crippen LogP) is 32.8. The molecule has 0 aliphatic heterocycles. The van der Waals surface area contributed by atoms with Crippen molar-refractivity contribution in [2.24, 2.45) is 0 Å². The Balaban J connectivity index is 0.544. The highest BCUT2D eigenvalue weighted by Gasteiger charge is 2.53. The van der Waals surface area contributed by atoms with Gasteiger partial charge in [-0.1, -0.05) is 358 Å². The first kappa shape index (κ1) is 71.3. The second-order valence-electron chi connectivity index (χ2n) is 33.9. The van der Waals surface area contributed by atoms with E-state index in [9.17, 15) is 0 Å². The Labute approximate surface area is 730 Å².